The second-order valence-corrected chi connectivity index (χ2v) is 6.98. The number of aryl methyl sites for hydroxylation is 1. The Hall–Kier alpha value is -2.12. The van der Waals surface area contributed by atoms with Crippen LogP contribution in [0.1, 0.15) is 32.3 Å². The normalized spacial score (nSPS) is 17.8. The van der Waals surface area contributed by atoms with E-state index in [0.717, 1.165) is 25.0 Å². The second kappa shape index (κ2) is 9.54. The van der Waals surface area contributed by atoms with Crippen molar-refractivity contribution in [1.82, 2.24) is 5.32 Å². The van der Waals surface area contributed by atoms with Gasteiger partial charge < -0.3 is 25.8 Å². The lowest BCUT2D eigenvalue weighted by Gasteiger charge is -2.17. The number of anilines is 1. The molecule has 4 N–H and O–H groups in total. The minimum Gasteiger partial charge on any atom is -0.489 e. The topological polar surface area (TPSA) is 103 Å². The molecule has 1 unspecified atom stereocenters. The first-order valence-corrected chi connectivity index (χ1v) is 9.05. The lowest BCUT2D eigenvalue weighted by molar-refractivity contribution is -0.125. The number of nitrogens with two attached hydrogens (primary N) is 1. The van der Waals surface area contributed by atoms with Crippen LogP contribution in [-0.2, 0) is 14.3 Å². The van der Waals surface area contributed by atoms with Crippen LogP contribution in [0.3, 0.4) is 0 Å². The summed E-state index contributed by atoms with van der Waals surface area (Å²) in [6.07, 6.45) is 2.12. The van der Waals surface area contributed by atoms with E-state index in [2.05, 4.69) is 10.6 Å². The van der Waals surface area contributed by atoms with Gasteiger partial charge >= 0.3 is 0 Å². The molecule has 1 heterocycles. The Bertz CT molecular complexity index is 627. The van der Waals surface area contributed by atoms with E-state index in [0.29, 0.717) is 18.0 Å². The van der Waals surface area contributed by atoms with Crippen molar-refractivity contribution in [2.45, 2.75) is 45.8 Å². The zero-order valence-corrected chi connectivity index (χ0v) is 15.7. The summed E-state index contributed by atoms with van der Waals surface area (Å²) in [4.78, 5) is 24.0. The predicted octanol–water partition coefficient (Wildman–Crippen LogP) is 1.59. The summed E-state index contributed by atoms with van der Waals surface area (Å²) in [5, 5.41) is 5.33. The molecule has 1 aliphatic rings. The van der Waals surface area contributed by atoms with Crippen molar-refractivity contribution in [1.29, 1.82) is 0 Å². The first kappa shape index (κ1) is 20.2. The van der Waals surface area contributed by atoms with Crippen molar-refractivity contribution in [2.24, 2.45) is 11.7 Å². The van der Waals surface area contributed by atoms with E-state index in [-0.39, 0.29) is 30.4 Å². The summed E-state index contributed by atoms with van der Waals surface area (Å²) in [5.41, 5.74) is 7.36. The molecule has 2 atom stereocenters. The van der Waals surface area contributed by atoms with Gasteiger partial charge in [0.1, 0.15) is 12.4 Å². The van der Waals surface area contributed by atoms with Crippen LogP contribution in [0.25, 0.3) is 0 Å². The van der Waals surface area contributed by atoms with E-state index in [9.17, 15) is 9.59 Å². The van der Waals surface area contributed by atoms with Crippen LogP contribution in [-0.4, -0.2) is 43.7 Å². The summed E-state index contributed by atoms with van der Waals surface area (Å²) < 4.78 is 11.4. The van der Waals surface area contributed by atoms with Gasteiger partial charge in [-0.2, -0.15) is 0 Å². The maximum Gasteiger partial charge on any atom is 0.243 e. The number of benzene rings is 1. The molecule has 26 heavy (non-hydrogen) atoms. The van der Waals surface area contributed by atoms with Crippen molar-refractivity contribution in [3.05, 3.63) is 23.8 Å². The fourth-order valence-corrected chi connectivity index (χ4v) is 2.59. The van der Waals surface area contributed by atoms with Crippen LogP contribution >= 0.6 is 0 Å². The SMILES string of the molecule is Cc1ccc(NC(=O)CNC(=O)[C@@H](N)C(C)C)c(OCC2CCCO2)c1. The smallest absolute Gasteiger partial charge is 0.243 e. The molecule has 0 saturated carbocycles. The highest BCUT2D eigenvalue weighted by Gasteiger charge is 2.19. The van der Waals surface area contributed by atoms with Gasteiger partial charge in [-0.15, -0.1) is 0 Å². The number of hydrogen-bond donors (Lipinski definition) is 3. The van der Waals surface area contributed by atoms with E-state index in [4.69, 9.17) is 15.2 Å². The van der Waals surface area contributed by atoms with Gasteiger partial charge in [0.2, 0.25) is 11.8 Å². The van der Waals surface area contributed by atoms with Crippen molar-refractivity contribution in [2.75, 3.05) is 25.1 Å². The van der Waals surface area contributed by atoms with Gasteiger partial charge in [-0.25, -0.2) is 0 Å². The molecule has 7 nitrogen and oxygen atoms in total. The number of hydrogen-bond acceptors (Lipinski definition) is 5. The Kier molecular flexibility index (Phi) is 7.41. The van der Waals surface area contributed by atoms with Gasteiger partial charge in [-0.3, -0.25) is 9.59 Å². The van der Waals surface area contributed by atoms with E-state index in [1.807, 2.05) is 32.9 Å². The van der Waals surface area contributed by atoms with Crippen molar-refractivity contribution >= 4 is 17.5 Å². The van der Waals surface area contributed by atoms with Crippen molar-refractivity contribution in [3.8, 4) is 5.75 Å². The van der Waals surface area contributed by atoms with Crippen LogP contribution in [0.15, 0.2) is 18.2 Å². The highest BCUT2D eigenvalue weighted by atomic mass is 16.5. The van der Waals surface area contributed by atoms with Gasteiger partial charge in [0.15, 0.2) is 0 Å². The lowest BCUT2D eigenvalue weighted by Crippen LogP contribution is -2.46. The number of carbonyl (C=O) groups excluding carboxylic acids is 2. The molecule has 1 fully saturated rings. The number of nitrogens with one attached hydrogen (secondary N) is 2. The first-order chi connectivity index (χ1) is 12.4. The summed E-state index contributed by atoms with van der Waals surface area (Å²) in [7, 11) is 0. The molecule has 0 bridgehead atoms. The van der Waals surface area contributed by atoms with Crippen molar-refractivity contribution in [3.63, 3.8) is 0 Å². The third-order valence-electron chi connectivity index (χ3n) is 4.30. The van der Waals surface area contributed by atoms with E-state index in [1.165, 1.54) is 0 Å². The molecule has 2 rings (SSSR count). The molecular formula is C19H29N3O4. The molecular weight excluding hydrogens is 334 g/mol. The molecule has 7 heteroatoms. The average Bonchev–Trinajstić information content (AvgIpc) is 3.12. The summed E-state index contributed by atoms with van der Waals surface area (Å²) in [6.45, 7) is 6.74. The standard InChI is InChI=1S/C19H29N3O4/c1-12(2)18(20)19(24)21-10-17(23)22-15-7-6-13(3)9-16(15)26-11-14-5-4-8-25-14/h6-7,9,12,14,18H,4-5,8,10-11,20H2,1-3H3,(H,21,24)(H,22,23)/t14?,18-/m0/s1. The molecule has 0 spiro atoms. The zero-order valence-electron chi connectivity index (χ0n) is 15.7. The second-order valence-electron chi connectivity index (χ2n) is 6.98. The summed E-state index contributed by atoms with van der Waals surface area (Å²) in [6, 6.07) is 4.92. The quantitative estimate of drug-likeness (QED) is 0.651. The van der Waals surface area contributed by atoms with E-state index < -0.39 is 6.04 Å². The number of ether oxygens (including phenoxy) is 2. The maximum absolute atomic E-state index is 12.2. The molecule has 144 valence electrons. The Labute approximate surface area is 154 Å². The number of carbonyl (C=O) groups is 2. The third kappa shape index (κ3) is 6.00. The Morgan fingerprint density at radius 2 is 2.15 bits per heavy atom. The first-order valence-electron chi connectivity index (χ1n) is 9.05. The minimum atomic E-state index is -0.632. The van der Waals surface area contributed by atoms with Crippen molar-refractivity contribution < 1.29 is 19.1 Å². The number of amides is 2. The van der Waals surface area contributed by atoms with E-state index in [1.54, 1.807) is 6.07 Å². The largest absolute Gasteiger partial charge is 0.489 e. The van der Waals surface area contributed by atoms with Gasteiger partial charge in [-0.05, 0) is 43.4 Å². The molecule has 0 radical (unpaired) electrons. The Balaban J connectivity index is 1.90. The molecule has 0 aliphatic carbocycles. The van der Waals surface area contributed by atoms with Gasteiger partial charge in [0.25, 0.3) is 0 Å². The summed E-state index contributed by atoms with van der Waals surface area (Å²) in [5.74, 6) is -0.0685. The molecule has 1 aromatic rings. The molecule has 1 aliphatic heterocycles. The summed E-state index contributed by atoms with van der Waals surface area (Å²) >= 11 is 0. The molecule has 0 aromatic heterocycles. The number of rotatable bonds is 8. The minimum absolute atomic E-state index is 0.00738. The Morgan fingerprint density at radius 3 is 2.81 bits per heavy atom. The zero-order chi connectivity index (χ0) is 19.1. The highest BCUT2D eigenvalue weighted by molar-refractivity contribution is 5.96. The molecule has 2 amide bonds. The van der Waals surface area contributed by atoms with Crippen LogP contribution < -0.4 is 21.1 Å². The highest BCUT2D eigenvalue weighted by Crippen LogP contribution is 2.26. The monoisotopic (exact) mass is 363 g/mol. The van der Waals surface area contributed by atoms with Crippen LogP contribution in [0.5, 0.6) is 5.75 Å². The fraction of sp³-hybridized carbons (Fsp3) is 0.579. The van der Waals surface area contributed by atoms with Crippen LogP contribution in [0.2, 0.25) is 0 Å². The molecule has 1 aromatic carbocycles. The van der Waals surface area contributed by atoms with Gasteiger partial charge in [0, 0.05) is 6.61 Å². The van der Waals surface area contributed by atoms with Crippen LogP contribution in [0.4, 0.5) is 5.69 Å². The Morgan fingerprint density at radius 1 is 1.38 bits per heavy atom. The van der Waals surface area contributed by atoms with Gasteiger partial charge in [0.05, 0.1) is 24.4 Å². The maximum atomic E-state index is 12.2. The third-order valence-corrected chi connectivity index (χ3v) is 4.30. The lowest BCUT2D eigenvalue weighted by atomic mass is 10.1. The van der Waals surface area contributed by atoms with Crippen LogP contribution in [0, 0.1) is 12.8 Å². The average molecular weight is 363 g/mol. The van der Waals surface area contributed by atoms with Gasteiger partial charge in [-0.1, -0.05) is 19.9 Å². The predicted molar refractivity (Wildman–Crippen MR) is 100 cm³/mol. The fourth-order valence-electron chi connectivity index (χ4n) is 2.59. The van der Waals surface area contributed by atoms with E-state index >= 15 is 0 Å². The molecule has 1 saturated heterocycles.